The third-order valence-corrected chi connectivity index (χ3v) is 6.05. The number of carbonyl (C=O) groups is 1. The number of hydrogen-bond donors (Lipinski definition) is 1. The molecule has 0 radical (unpaired) electrons. The van der Waals surface area contributed by atoms with Crippen LogP contribution < -0.4 is 4.72 Å². The molecule has 26 heavy (non-hydrogen) atoms. The Morgan fingerprint density at radius 3 is 2.50 bits per heavy atom. The van der Waals surface area contributed by atoms with E-state index in [0.29, 0.717) is 0 Å². The van der Waals surface area contributed by atoms with Crippen molar-refractivity contribution in [3.63, 3.8) is 0 Å². The molecule has 138 valence electrons. The van der Waals surface area contributed by atoms with Crippen molar-refractivity contribution in [1.82, 2.24) is 9.62 Å². The largest absolute Gasteiger partial charge is 0.337 e. The number of sulfonamides is 1. The van der Waals surface area contributed by atoms with Gasteiger partial charge in [0.1, 0.15) is 10.7 Å². The van der Waals surface area contributed by atoms with Gasteiger partial charge in [-0.25, -0.2) is 17.5 Å². The van der Waals surface area contributed by atoms with E-state index in [1.54, 1.807) is 19.2 Å². The van der Waals surface area contributed by atoms with Gasteiger partial charge in [0.25, 0.3) is 5.91 Å². The number of nitrogens with one attached hydrogen (secondary N) is 1. The average Bonchev–Trinajstić information content (AvgIpc) is 3.39. The summed E-state index contributed by atoms with van der Waals surface area (Å²) in [6.07, 6.45) is 1.60. The monoisotopic (exact) mass is 396 g/mol. The standard InChI is InChI=1S/C18H18ClFN2O3S/c1-22(11-12-2-5-14(20)6-3-12)18(23)13-4-9-16(19)17(10-13)26(24,25)21-15-7-8-15/h2-6,9-10,15,21H,7-8,11H2,1H3. The number of halogens is 2. The summed E-state index contributed by atoms with van der Waals surface area (Å²) in [5.41, 5.74) is 0.981. The maximum absolute atomic E-state index is 13.0. The topological polar surface area (TPSA) is 66.5 Å². The minimum atomic E-state index is -3.77. The van der Waals surface area contributed by atoms with Crippen LogP contribution in [-0.2, 0) is 16.6 Å². The molecule has 1 aliphatic carbocycles. The molecule has 0 unspecified atom stereocenters. The number of rotatable bonds is 6. The highest BCUT2D eigenvalue weighted by atomic mass is 35.5. The lowest BCUT2D eigenvalue weighted by molar-refractivity contribution is 0.0785. The molecule has 3 rings (SSSR count). The third kappa shape index (κ3) is 4.41. The van der Waals surface area contributed by atoms with Crippen LogP contribution in [0.1, 0.15) is 28.8 Å². The van der Waals surface area contributed by atoms with E-state index in [2.05, 4.69) is 4.72 Å². The van der Waals surface area contributed by atoms with Crippen LogP contribution in [-0.4, -0.2) is 32.3 Å². The summed E-state index contributed by atoms with van der Waals surface area (Å²) in [7, 11) is -2.17. The van der Waals surface area contributed by atoms with Gasteiger partial charge in [-0.05, 0) is 48.7 Å². The van der Waals surface area contributed by atoms with Crippen LogP contribution in [0.3, 0.4) is 0 Å². The number of hydrogen-bond acceptors (Lipinski definition) is 3. The zero-order valence-corrected chi connectivity index (χ0v) is 15.6. The van der Waals surface area contributed by atoms with Crippen molar-refractivity contribution in [3.8, 4) is 0 Å². The minimum Gasteiger partial charge on any atom is -0.337 e. The van der Waals surface area contributed by atoms with Gasteiger partial charge < -0.3 is 4.90 Å². The van der Waals surface area contributed by atoms with Crippen molar-refractivity contribution in [2.75, 3.05) is 7.05 Å². The van der Waals surface area contributed by atoms with Gasteiger partial charge in [-0.1, -0.05) is 23.7 Å². The first-order valence-electron chi connectivity index (χ1n) is 8.08. The maximum atomic E-state index is 13.0. The van der Waals surface area contributed by atoms with Gasteiger partial charge in [0, 0.05) is 25.2 Å². The van der Waals surface area contributed by atoms with E-state index in [9.17, 15) is 17.6 Å². The Bertz CT molecular complexity index is 928. The van der Waals surface area contributed by atoms with E-state index in [1.165, 1.54) is 35.2 Å². The lowest BCUT2D eigenvalue weighted by Crippen LogP contribution is -2.28. The molecule has 2 aromatic carbocycles. The van der Waals surface area contributed by atoms with Crippen molar-refractivity contribution >= 4 is 27.5 Å². The van der Waals surface area contributed by atoms with Gasteiger partial charge >= 0.3 is 0 Å². The van der Waals surface area contributed by atoms with Crippen LogP contribution in [0.5, 0.6) is 0 Å². The fraction of sp³-hybridized carbons (Fsp3) is 0.278. The Kier molecular flexibility index (Phi) is 5.32. The number of carbonyl (C=O) groups excluding carboxylic acids is 1. The maximum Gasteiger partial charge on any atom is 0.253 e. The zero-order chi connectivity index (χ0) is 18.9. The molecule has 1 amide bonds. The molecule has 0 aromatic heterocycles. The van der Waals surface area contributed by atoms with Crippen molar-refractivity contribution in [2.45, 2.75) is 30.3 Å². The summed E-state index contributed by atoms with van der Waals surface area (Å²) in [5.74, 6) is -0.702. The highest BCUT2D eigenvalue weighted by Crippen LogP contribution is 2.27. The Morgan fingerprint density at radius 2 is 1.88 bits per heavy atom. The minimum absolute atomic E-state index is 0.0587. The molecule has 1 aliphatic rings. The SMILES string of the molecule is CN(Cc1ccc(F)cc1)C(=O)c1ccc(Cl)c(S(=O)(=O)NC2CC2)c1. The molecule has 8 heteroatoms. The molecule has 1 fully saturated rings. The molecule has 0 bridgehead atoms. The molecule has 1 saturated carbocycles. The molecule has 1 N–H and O–H groups in total. The Hall–Kier alpha value is -1.96. The van der Waals surface area contributed by atoms with E-state index in [-0.39, 0.29) is 39.8 Å². The molecule has 5 nitrogen and oxygen atoms in total. The normalized spacial score (nSPS) is 14.3. The van der Waals surface area contributed by atoms with Gasteiger partial charge in [0.05, 0.1) is 5.02 Å². The molecule has 2 aromatic rings. The van der Waals surface area contributed by atoms with Gasteiger partial charge in [-0.3, -0.25) is 4.79 Å². The Morgan fingerprint density at radius 1 is 1.23 bits per heavy atom. The molecule has 0 atom stereocenters. The van der Waals surface area contributed by atoms with Crippen LogP contribution >= 0.6 is 11.6 Å². The van der Waals surface area contributed by atoms with Crippen LogP contribution in [0.25, 0.3) is 0 Å². The lowest BCUT2D eigenvalue weighted by atomic mass is 10.1. The first-order chi connectivity index (χ1) is 12.3. The molecular formula is C18H18ClFN2O3S. The molecule has 0 heterocycles. The van der Waals surface area contributed by atoms with Crippen molar-refractivity contribution in [2.24, 2.45) is 0 Å². The Labute approximate surface area is 156 Å². The molecule has 0 aliphatic heterocycles. The van der Waals surface area contributed by atoms with E-state index in [1.807, 2.05) is 0 Å². The summed E-state index contributed by atoms with van der Waals surface area (Å²) < 4.78 is 40.4. The van der Waals surface area contributed by atoms with Crippen LogP contribution in [0.4, 0.5) is 4.39 Å². The van der Waals surface area contributed by atoms with Crippen molar-refractivity contribution < 1.29 is 17.6 Å². The van der Waals surface area contributed by atoms with Gasteiger partial charge in [-0.15, -0.1) is 0 Å². The fourth-order valence-electron chi connectivity index (χ4n) is 2.48. The molecular weight excluding hydrogens is 379 g/mol. The summed E-state index contributed by atoms with van der Waals surface area (Å²) in [5, 5.41) is 0.0656. The predicted octanol–water partition coefficient (Wildman–Crippen LogP) is 3.19. The molecule has 0 spiro atoms. The molecule has 0 saturated heterocycles. The number of benzene rings is 2. The lowest BCUT2D eigenvalue weighted by Gasteiger charge is -2.18. The number of amides is 1. The second-order valence-corrected chi connectivity index (χ2v) is 8.42. The van der Waals surface area contributed by atoms with E-state index in [0.717, 1.165) is 18.4 Å². The first kappa shape index (κ1) is 18.8. The van der Waals surface area contributed by atoms with Gasteiger partial charge in [0.15, 0.2) is 0 Å². The van der Waals surface area contributed by atoms with Gasteiger partial charge in [-0.2, -0.15) is 0 Å². The average molecular weight is 397 g/mol. The first-order valence-corrected chi connectivity index (χ1v) is 9.94. The summed E-state index contributed by atoms with van der Waals surface area (Å²) in [4.78, 5) is 14.0. The summed E-state index contributed by atoms with van der Waals surface area (Å²) >= 11 is 6.03. The van der Waals surface area contributed by atoms with E-state index < -0.39 is 10.0 Å². The van der Waals surface area contributed by atoms with Crippen molar-refractivity contribution in [1.29, 1.82) is 0 Å². The summed E-state index contributed by atoms with van der Waals surface area (Å²) in [6, 6.07) is 9.96. The number of nitrogens with zero attached hydrogens (tertiary/aromatic N) is 1. The highest BCUT2D eigenvalue weighted by Gasteiger charge is 2.30. The summed E-state index contributed by atoms with van der Waals surface area (Å²) in [6.45, 7) is 0.268. The third-order valence-electron chi connectivity index (χ3n) is 4.05. The zero-order valence-electron chi connectivity index (χ0n) is 14.1. The second kappa shape index (κ2) is 7.34. The van der Waals surface area contributed by atoms with E-state index >= 15 is 0 Å². The smallest absolute Gasteiger partial charge is 0.253 e. The van der Waals surface area contributed by atoms with Crippen LogP contribution in [0.2, 0.25) is 5.02 Å². The highest BCUT2D eigenvalue weighted by molar-refractivity contribution is 7.89. The van der Waals surface area contributed by atoms with Crippen LogP contribution in [0.15, 0.2) is 47.4 Å². The van der Waals surface area contributed by atoms with E-state index in [4.69, 9.17) is 11.6 Å². The van der Waals surface area contributed by atoms with Crippen LogP contribution in [0, 0.1) is 5.82 Å². The quantitative estimate of drug-likeness (QED) is 0.815. The van der Waals surface area contributed by atoms with Gasteiger partial charge in [0.2, 0.25) is 10.0 Å². The fourth-order valence-corrected chi connectivity index (χ4v) is 4.31. The Balaban J connectivity index is 1.80. The predicted molar refractivity (Wildman–Crippen MR) is 97.0 cm³/mol. The second-order valence-electron chi connectivity index (χ2n) is 6.33. The van der Waals surface area contributed by atoms with Crippen molar-refractivity contribution in [3.05, 3.63) is 64.4 Å².